The Kier molecular flexibility index (Phi) is 2.22. The minimum atomic E-state index is -0.848. The second kappa shape index (κ2) is 3.42. The first-order valence-electron chi connectivity index (χ1n) is 4.40. The third-order valence-electron chi connectivity index (χ3n) is 2.25. The second-order valence-electron chi connectivity index (χ2n) is 3.20. The zero-order valence-electron chi connectivity index (χ0n) is 7.67. The number of para-hydroxylation sites is 1. The van der Waals surface area contributed by atoms with Crippen molar-refractivity contribution < 1.29 is 18.4 Å². The summed E-state index contributed by atoms with van der Waals surface area (Å²) < 4.78 is 26.5. The number of hydrogen-bond acceptors (Lipinski definition) is 2. The molecule has 1 amide bonds. The number of hydrogen-bond donors (Lipinski definition) is 0. The van der Waals surface area contributed by atoms with Crippen LogP contribution in [0.25, 0.3) is 0 Å². The van der Waals surface area contributed by atoms with E-state index in [1.807, 2.05) is 0 Å². The third-order valence-corrected chi connectivity index (χ3v) is 2.25. The van der Waals surface area contributed by atoms with Crippen LogP contribution < -0.4 is 4.90 Å². The Morgan fingerprint density at radius 1 is 1.13 bits per heavy atom. The molecule has 1 saturated heterocycles. The standard InChI is InChI=1S/C10H7F2NO2/c11-6-2-1-3-7(12)9(6)13-5-4-8(14)10(13)15/h1-3H,4-5H2. The molecule has 3 nitrogen and oxygen atoms in total. The van der Waals surface area contributed by atoms with Crippen molar-refractivity contribution in [1.29, 1.82) is 0 Å². The first-order chi connectivity index (χ1) is 7.11. The Morgan fingerprint density at radius 2 is 1.73 bits per heavy atom. The van der Waals surface area contributed by atoms with Gasteiger partial charge in [0.2, 0.25) is 5.78 Å². The molecule has 0 bridgehead atoms. The highest BCUT2D eigenvalue weighted by Crippen LogP contribution is 2.26. The molecule has 0 atom stereocenters. The van der Waals surface area contributed by atoms with Gasteiger partial charge in [-0.25, -0.2) is 8.78 Å². The maximum absolute atomic E-state index is 13.3. The molecule has 15 heavy (non-hydrogen) atoms. The van der Waals surface area contributed by atoms with E-state index >= 15 is 0 Å². The lowest BCUT2D eigenvalue weighted by Crippen LogP contribution is -2.28. The molecule has 5 heteroatoms. The summed E-state index contributed by atoms with van der Waals surface area (Å²) in [6.07, 6.45) is 0.00656. The average Bonchev–Trinajstić information content (AvgIpc) is 2.49. The summed E-state index contributed by atoms with van der Waals surface area (Å²) in [6, 6.07) is 3.31. The molecule has 0 radical (unpaired) electrons. The lowest BCUT2D eigenvalue weighted by atomic mass is 10.2. The molecule has 1 heterocycles. The topological polar surface area (TPSA) is 37.4 Å². The number of rotatable bonds is 1. The summed E-state index contributed by atoms with van der Waals surface area (Å²) in [4.78, 5) is 23.0. The van der Waals surface area contributed by atoms with Gasteiger partial charge in [-0.1, -0.05) is 6.07 Å². The lowest BCUT2D eigenvalue weighted by Gasteiger charge is -2.15. The first kappa shape index (κ1) is 9.76. The van der Waals surface area contributed by atoms with E-state index in [4.69, 9.17) is 0 Å². The molecule has 0 aromatic heterocycles. The number of benzene rings is 1. The van der Waals surface area contributed by atoms with Gasteiger partial charge >= 0.3 is 0 Å². The highest BCUT2D eigenvalue weighted by atomic mass is 19.1. The lowest BCUT2D eigenvalue weighted by molar-refractivity contribution is -0.133. The maximum atomic E-state index is 13.3. The number of carbonyl (C=O) groups excluding carboxylic acids is 2. The van der Waals surface area contributed by atoms with Crippen molar-refractivity contribution in [2.75, 3.05) is 11.4 Å². The summed E-state index contributed by atoms with van der Waals surface area (Å²) >= 11 is 0. The van der Waals surface area contributed by atoms with Crippen LogP contribution in [0.3, 0.4) is 0 Å². The fourth-order valence-corrected chi connectivity index (χ4v) is 1.53. The second-order valence-corrected chi connectivity index (χ2v) is 3.20. The molecule has 0 unspecified atom stereocenters. The van der Waals surface area contributed by atoms with Gasteiger partial charge in [0.15, 0.2) is 0 Å². The fourth-order valence-electron chi connectivity index (χ4n) is 1.53. The van der Waals surface area contributed by atoms with E-state index in [1.165, 1.54) is 6.07 Å². The third kappa shape index (κ3) is 1.49. The van der Waals surface area contributed by atoms with Crippen LogP contribution in [0.1, 0.15) is 6.42 Å². The molecule has 0 N–H and O–H groups in total. The molecule has 1 aliphatic rings. The molecule has 1 aromatic rings. The van der Waals surface area contributed by atoms with Crippen molar-refractivity contribution in [3.63, 3.8) is 0 Å². The van der Waals surface area contributed by atoms with Gasteiger partial charge in [0.1, 0.15) is 17.3 Å². The quantitative estimate of drug-likeness (QED) is 0.656. The first-order valence-corrected chi connectivity index (χ1v) is 4.40. The summed E-state index contributed by atoms with van der Waals surface area (Å²) in [6.45, 7) is 0.0372. The molecular formula is C10H7F2NO2. The van der Waals surface area contributed by atoms with Gasteiger partial charge in [-0.2, -0.15) is 0 Å². The molecule has 0 spiro atoms. The van der Waals surface area contributed by atoms with Crippen LogP contribution in [-0.4, -0.2) is 18.2 Å². The predicted molar refractivity (Wildman–Crippen MR) is 48.3 cm³/mol. The molecule has 1 fully saturated rings. The number of Topliss-reactive ketones (excluding diaryl/α,β-unsaturated/α-hetero) is 1. The van der Waals surface area contributed by atoms with E-state index in [2.05, 4.69) is 0 Å². The van der Waals surface area contributed by atoms with Gasteiger partial charge in [-0.3, -0.25) is 9.59 Å². The van der Waals surface area contributed by atoms with E-state index in [0.717, 1.165) is 17.0 Å². The fraction of sp³-hybridized carbons (Fsp3) is 0.200. The highest BCUT2D eigenvalue weighted by molar-refractivity contribution is 6.43. The van der Waals surface area contributed by atoms with Crippen LogP contribution in [0.2, 0.25) is 0 Å². The van der Waals surface area contributed by atoms with Crippen LogP contribution in [0.4, 0.5) is 14.5 Å². The summed E-state index contributed by atoms with van der Waals surface area (Å²) in [5, 5.41) is 0. The minimum Gasteiger partial charge on any atom is -0.300 e. The average molecular weight is 211 g/mol. The van der Waals surface area contributed by atoms with Gasteiger partial charge < -0.3 is 4.90 Å². The van der Waals surface area contributed by atoms with Gasteiger partial charge in [0.05, 0.1) is 0 Å². The van der Waals surface area contributed by atoms with Crippen molar-refractivity contribution in [2.24, 2.45) is 0 Å². The molecule has 2 rings (SSSR count). The van der Waals surface area contributed by atoms with Crippen LogP contribution in [0.5, 0.6) is 0 Å². The maximum Gasteiger partial charge on any atom is 0.294 e. The number of carbonyl (C=O) groups is 2. The number of nitrogens with zero attached hydrogens (tertiary/aromatic N) is 1. The van der Waals surface area contributed by atoms with Crippen molar-refractivity contribution in [3.05, 3.63) is 29.8 Å². The summed E-state index contributed by atoms with van der Waals surface area (Å²) in [5.41, 5.74) is -0.437. The zero-order chi connectivity index (χ0) is 11.0. The van der Waals surface area contributed by atoms with E-state index in [9.17, 15) is 18.4 Å². The van der Waals surface area contributed by atoms with Gasteiger partial charge in [0, 0.05) is 13.0 Å². The molecular weight excluding hydrogens is 204 g/mol. The predicted octanol–water partition coefficient (Wildman–Crippen LogP) is 1.27. The van der Waals surface area contributed by atoms with Gasteiger partial charge in [0.25, 0.3) is 5.91 Å². The molecule has 0 aliphatic carbocycles. The SMILES string of the molecule is O=C1CCN(c2c(F)cccc2F)C1=O. The summed E-state index contributed by atoms with van der Waals surface area (Å²) in [7, 11) is 0. The van der Waals surface area contributed by atoms with Crippen LogP contribution in [-0.2, 0) is 9.59 Å². The minimum absolute atomic E-state index is 0.00656. The molecule has 0 saturated carbocycles. The molecule has 78 valence electrons. The van der Waals surface area contributed by atoms with Crippen molar-refractivity contribution in [2.45, 2.75) is 6.42 Å². The van der Waals surface area contributed by atoms with Crippen molar-refractivity contribution >= 4 is 17.4 Å². The Labute approximate surface area is 84.3 Å². The Bertz CT molecular complexity index is 425. The van der Waals surface area contributed by atoms with E-state index in [0.29, 0.717) is 0 Å². The van der Waals surface area contributed by atoms with Crippen LogP contribution >= 0.6 is 0 Å². The zero-order valence-corrected chi connectivity index (χ0v) is 7.67. The van der Waals surface area contributed by atoms with E-state index in [-0.39, 0.29) is 13.0 Å². The molecule has 1 aliphatic heterocycles. The van der Waals surface area contributed by atoms with Crippen molar-refractivity contribution in [1.82, 2.24) is 0 Å². The number of anilines is 1. The van der Waals surface area contributed by atoms with Gasteiger partial charge in [-0.05, 0) is 12.1 Å². The number of halogens is 2. The monoisotopic (exact) mass is 211 g/mol. The molecule has 1 aromatic carbocycles. The smallest absolute Gasteiger partial charge is 0.294 e. The van der Waals surface area contributed by atoms with Crippen LogP contribution in [0.15, 0.2) is 18.2 Å². The van der Waals surface area contributed by atoms with Crippen molar-refractivity contribution in [3.8, 4) is 0 Å². The Balaban J connectivity index is 2.46. The van der Waals surface area contributed by atoms with E-state index < -0.39 is 29.0 Å². The van der Waals surface area contributed by atoms with Gasteiger partial charge in [-0.15, -0.1) is 0 Å². The summed E-state index contributed by atoms with van der Waals surface area (Å²) in [5.74, 6) is -3.13. The number of ketones is 1. The highest BCUT2D eigenvalue weighted by Gasteiger charge is 2.33. The number of amides is 1. The Hall–Kier alpha value is -1.78. The Morgan fingerprint density at radius 3 is 2.20 bits per heavy atom. The van der Waals surface area contributed by atoms with Crippen LogP contribution in [0, 0.1) is 11.6 Å². The normalized spacial score (nSPS) is 16.3. The van der Waals surface area contributed by atoms with E-state index in [1.54, 1.807) is 0 Å². The largest absolute Gasteiger partial charge is 0.300 e.